The fourth-order valence-electron chi connectivity index (χ4n) is 2.01. The molecule has 2 atom stereocenters. The molecule has 1 aliphatic heterocycles. The summed E-state index contributed by atoms with van der Waals surface area (Å²) < 4.78 is 5.22. The molecule has 18 heavy (non-hydrogen) atoms. The summed E-state index contributed by atoms with van der Waals surface area (Å²) in [5.41, 5.74) is 1.11. The Bertz CT molecular complexity index is 480. The number of carboxylic acids is 1. The lowest BCUT2D eigenvalue weighted by Gasteiger charge is -2.27. The SMILES string of the molecule is CN(c1ccc(C#N)nc1)C1COCC1C(=O)O. The molecule has 1 aromatic heterocycles. The van der Waals surface area contributed by atoms with Crippen LogP contribution in [-0.2, 0) is 9.53 Å². The third kappa shape index (κ3) is 2.26. The van der Waals surface area contributed by atoms with Crippen LogP contribution >= 0.6 is 0 Å². The van der Waals surface area contributed by atoms with Crippen molar-refractivity contribution in [3.63, 3.8) is 0 Å². The van der Waals surface area contributed by atoms with Crippen molar-refractivity contribution < 1.29 is 14.6 Å². The van der Waals surface area contributed by atoms with Gasteiger partial charge >= 0.3 is 5.97 Å². The molecule has 0 aliphatic carbocycles. The van der Waals surface area contributed by atoms with Crippen LogP contribution in [0.1, 0.15) is 5.69 Å². The molecule has 1 saturated heterocycles. The average molecular weight is 247 g/mol. The molecule has 0 bridgehead atoms. The average Bonchev–Trinajstić information content (AvgIpc) is 2.87. The van der Waals surface area contributed by atoms with Gasteiger partial charge in [0.2, 0.25) is 0 Å². The normalized spacial score (nSPS) is 22.4. The Morgan fingerprint density at radius 1 is 1.61 bits per heavy atom. The summed E-state index contributed by atoms with van der Waals surface area (Å²) in [7, 11) is 1.80. The molecule has 2 heterocycles. The highest BCUT2D eigenvalue weighted by atomic mass is 16.5. The van der Waals surface area contributed by atoms with E-state index in [0.29, 0.717) is 12.3 Å². The van der Waals surface area contributed by atoms with Crippen LogP contribution < -0.4 is 4.90 Å². The number of aromatic nitrogens is 1. The molecular formula is C12H13N3O3. The highest BCUT2D eigenvalue weighted by molar-refractivity contribution is 5.72. The van der Waals surface area contributed by atoms with Crippen molar-refractivity contribution in [2.45, 2.75) is 6.04 Å². The summed E-state index contributed by atoms with van der Waals surface area (Å²) in [6.07, 6.45) is 1.57. The van der Waals surface area contributed by atoms with E-state index in [4.69, 9.17) is 15.1 Å². The standard InChI is InChI=1S/C12H13N3O3/c1-15(9-3-2-8(4-13)14-5-9)11-7-18-6-10(11)12(16)17/h2-3,5,10-11H,6-7H2,1H3,(H,16,17). The van der Waals surface area contributed by atoms with Gasteiger partial charge in [0, 0.05) is 7.05 Å². The Morgan fingerprint density at radius 3 is 2.94 bits per heavy atom. The molecule has 0 radical (unpaired) electrons. The Kier molecular flexibility index (Phi) is 3.44. The van der Waals surface area contributed by atoms with Crippen molar-refractivity contribution in [3.8, 4) is 6.07 Å². The van der Waals surface area contributed by atoms with Gasteiger partial charge in [-0.25, -0.2) is 4.98 Å². The van der Waals surface area contributed by atoms with E-state index < -0.39 is 11.9 Å². The van der Waals surface area contributed by atoms with Crippen LogP contribution in [0.15, 0.2) is 18.3 Å². The summed E-state index contributed by atoms with van der Waals surface area (Å²) in [6, 6.07) is 5.09. The molecule has 1 aliphatic rings. The van der Waals surface area contributed by atoms with Crippen LogP contribution in [0.25, 0.3) is 0 Å². The first-order valence-electron chi connectivity index (χ1n) is 5.53. The summed E-state index contributed by atoms with van der Waals surface area (Å²) in [6.45, 7) is 0.613. The third-order valence-corrected chi connectivity index (χ3v) is 3.13. The number of anilines is 1. The number of carbonyl (C=O) groups is 1. The van der Waals surface area contributed by atoms with Crippen molar-refractivity contribution in [1.29, 1.82) is 5.26 Å². The predicted molar refractivity (Wildman–Crippen MR) is 63.1 cm³/mol. The highest BCUT2D eigenvalue weighted by Gasteiger charge is 2.36. The highest BCUT2D eigenvalue weighted by Crippen LogP contribution is 2.24. The summed E-state index contributed by atoms with van der Waals surface area (Å²) in [4.78, 5) is 16.9. The second kappa shape index (κ2) is 5.02. The van der Waals surface area contributed by atoms with E-state index in [1.807, 2.05) is 11.0 Å². The molecule has 1 aromatic rings. The minimum atomic E-state index is -0.856. The molecule has 0 spiro atoms. The minimum absolute atomic E-state index is 0.211. The smallest absolute Gasteiger partial charge is 0.311 e. The molecule has 0 saturated carbocycles. The van der Waals surface area contributed by atoms with Gasteiger partial charge < -0.3 is 14.7 Å². The maximum atomic E-state index is 11.1. The maximum absolute atomic E-state index is 11.1. The number of hydrogen-bond donors (Lipinski definition) is 1. The summed E-state index contributed by atoms with van der Waals surface area (Å²) in [5.74, 6) is -1.39. The number of hydrogen-bond acceptors (Lipinski definition) is 5. The number of carboxylic acid groups (broad SMARTS) is 1. The van der Waals surface area contributed by atoms with Crippen LogP contribution in [0, 0.1) is 17.2 Å². The Hall–Kier alpha value is -2.13. The Balaban J connectivity index is 2.17. The van der Waals surface area contributed by atoms with Gasteiger partial charge in [-0.3, -0.25) is 4.79 Å². The van der Waals surface area contributed by atoms with Crippen LogP contribution in [0.3, 0.4) is 0 Å². The number of nitrogens with zero attached hydrogens (tertiary/aromatic N) is 3. The van der Waals surface area contributed by atoms with Gasteiger partial charge in [-0.05, 0) is 12.1 Å². The molecule has 2 unspecified atom stereocenters. The van der Waals surface area contributed by atoms with Crippen LogP contribution in [0.2, 0.25) is 0 Å². The zero-order valence-corrected chi connectivity index (χ0v) is 9.91. The van der Waals surface area contributed by atoms with E-state index >= 15 is 0 Å². The number of nitriles is 1. The van der Waals surface area contributed by atoms with Crippen LogP contribution in [-0.4, -0.2) is 42.4 Å². The monoisotopic (exact) mass is 247 g/mol. The van der Waals surface area contributed by atoms with Gasteiger partial charge in [0.1, 0.15) is 17.7 Å². The second-order valence-corrected chi connectivity index (χ2v) is 4.17. The first kappa shape index (κ1) is 12.3. The number of likely N-dealkylation sites (N-methyl/N-ethyl adjacent to an activating group) is 1. The predicted octanol–water partition coefficient (Wildman–Crippen LogP) is 0.489. The van der Waals surface area contributed by atoms with Crippen LogP contribution in [0.5, 0.6) is 0 Å². The lowest BCUT2D eigenvalue weighted by Crippen LogP contribution is -2.40. The number of aliphatic carboxylic acids is 1. The molecular weight excluding hydrogens is 234 g/mol. The van der Waals surface area contributed by atoms with Gasteiger partial charge in [-0.15, -0.1) is 0 Å². The third-order valence-electron chi connectivity index (χ3n) is 3.13. The van der Waals surface area contributed by atoms with E-state index in [2.05, 4.69) is 4.98 Å². The van der Waals surface area contributed by atoms with Gasteiger partial charge in [0.05, 0.1) is 31.1 Å². The Labute approximate surface area is 104 Å². The molecule has 2 rings (SSSR count). The molecule has 6 nitrogen and oxygen atoms in total. The van der Waals surface area contributed by atoms with E-state index in [0.717, 1.165) is 5.69 Å². The van der Waals surface area contributed by atoms with Gasteiger partial charge in [-0.2, -0.15) is 5.26 Å². The quantitative estimate of drug-likeness (QED) is 0.836. The first-order valence-corrected chi connectivity index (χ1v) is 5.53. The number of ether oxygens (including phenoxy) is 1. The van der Waals surface area contributed by atoms with Crippen molar-refractivity contribution in [2.75, 3.05) is 25.2 Å². The van der Waals surface area contributed by atoms with Crippen LogP contribution in [0.4, 0.5) is 5.69 Å². The number of rotatable bonds is 3. The Morgan fingerprint density at radius 2 is 2.39 bits per heavy atom. The molecule has 0 amide bonds. The molecule has 1 N–H and O–H groups in total. The minimum Gasteiger partial charge on any atom is -0.481 e. The van der Waals surface area contributed by atoms with Gasteiger partial charge in [-0.1, -0.05) is 0 Å². The zero-order valence-electron chi connectivity index (χ0n) is 9.91. The number of pyridine rings is 1. The van der Waals surface area contributed by atoms with Crippen molar-refractivity contribution in [2.24, 2.45) is 5.92 Å². The van der Waals surface area contributed by atoms with Gasteiger partial charge in [0.25, 0.3) is 0 Å². The maximum Gasteiger partial charge on any atom is 0.311 e. The van der Waals surface area contributed by atoms with E-state index in [1.54, 1.807) is 25.4 Å². The lowest BCUT2D eigenvalue weighted by atomic mass is 10.0. The summed E-state index contributed by atoms with van der Waals surface area (Å²) >= 11 is 0. The lowest BCUT2D eigenvalue weighted by molar-refractivity contribution is -0.141. The fourth-order valence-corrected chi connectivity index (χ4v) is 2.01. The molecule has 94 valence electrons. The van der Waals surface area contributed by atoms with Crippen molar-refractivity contribution >= 4 is 11.7 Å². The van der Waals surface area contributed by atoms with E-state index in [-0.39, 0.29) is 12.6 Å². The molecule has 1 fully saturated rings. The fraction of sp³-hybridized carbons (Fsp3) is 0.417. The summed E-state index contributed by atoms with van der Waals surface area (Å²) in [5, 5.41) is 17.8. The molecule has 6 heteroatoms. The zero-order chi connectivity index (χ0) is 13.1. The largest absolute Gasteiger partial charge is 0.481 e. The van der Waals surface area contributed by atoms with Gasteiger partial charge in [0.15, 0.2) is 0 Å². The first-order chi connectivity index (χ1) is 8.63. The van der Waals surface area contributed by atoms with Crippen molar-refractivity contribution in [3.05, 3.63) is 24.0 Å². The second-order valence-electron chi connectivity index (χ2n) is 4.17. The molecule has 0 aromatic carbocycles. The van der Waals surface area contributed by atoms with E-state index in [1.165, 1.54) is 0 Å². The van der Waals surface area contributed by atoms with Crippen molar-refractivity contribution in [1.82, 2.24) is 4.98 Å². The van der Waals surface area contributed by atoms with E-state index in [9.17, 15) is 4.79 Å². The topological polar surface area (TPSA) is 86.5 Å².